The molecule has 2 atom stereocenters. The topological polar surface area (TPSA) is 162 Å². The molecule has 0 bridgehead atoms. The van der Waals surface area contributed by atoms with E-state index in [9.17, 15) is 33.0 Å². The molecule has 2 amide bonds. The van der Waals surface area contributed by atoms with Crippen molar-refractivity contribution in [2.75, 3.05) is 23.5 Å². The van der Waals surface area contributed by atoms with Crippen molar-refractivity contribution in [3.8, 4) is 11.5 Å². The van der Waals surface area contributed by atoms with Gasteiger partial charge in [-0.1, -0.05) is 83.2 Å². The number of phenols is 1. The van der Waals surface area contributed by atoms with Crippen LogP contribution in [0.5, 0.6) is 11.5 Å². The number of nitrogens with one attached hydrogen (secondary N) is 2. The van der Waals surface area contributed by atoms with Gasteiger partial charge in [-0.25, -0.2) is 13.2 Å². The number of nitrogens with zero attached hydrogens (tertiary/aromatic N) is 1. The molecule has 1 aliphatic rings. The number of rotatable bonds is 18. The third-order valence-electron chi connectivity index (χ3n) is 9.52. The van der Waals surface area contributed by atoms with E-state index in [1.807, 2.05) is 36.6 Å². The van der Waals surface area contributed by atoms with Gasteiger partial charge >= 0.3 is 5.97 Å². The van der Waals surface area contributed by atoms with Crippen LogP contribution in [-0.2, 0) is 24.2 Å². The summed E-state index contributed by atoms with van der Waals surface area (Å²) in [5.74, 6) is -3.55. The number of amides is 2. The standard InChI is InChI=1S/C39H51N3O8S2/c1-5-8-20-39(21-9-6-2)25-42(28-14-11-10-12-15-28)32-23-34(51-4)33(24-35(32)52(48,49)26-39)50-41-36(44)22-30(27-16-18-29(43)19-17-27)37(45)40-31(13-7-3)38(46)47/h10-12,14-19,23-24,30-31,43H,5-9,13,20-22,25-26H2,1-4H3,(H,40,45)(H,41,44)(H,46,47). The van der Waals surface area contributed by atoms with Crippen molar-refractivity contribution in [2.24, 2.45) is 5.41 Å². The van der Waals surface area contributed by atoms with Gasteiger partial charge in [0.15, 0.2) is 15.6 Å². The molecule has 0 fully saturated rings. The lowest BCUT2D eigenvalue weighted by molar-refractivity contribution is -0.142. The van der Waals surface area contributed by atoms with Crippen molar-refractivity contribution in [2.45, 2.75) is 100 Å². The highest BCUT2D eigenvalue weighted by atomic mass is 32.2. The van der Waals surface area contributed by atoms with Crippen LogP contribution in [0, 0.1) is 5.41 Å². The van der Waals surface area contributed by atoms with Crippen molar-refractivity contribution in [1.29, 1.82) is 0 Å². The Morgan fingerprint density at radius 1 is 0.962 bits per heavy atom. The zero-order valence-electron chi connectivity index (χ0n) is 30.4. The number of benzene rings is 3. The number of carbonyl (C=O) groups excluding carboxylic acids is 2. The van der Waals surface area contributed by atoms with Crippen molar-refractivity contribution < 1.29 is 37.9 Å². The Bertz CT molecular complexity index is 1780. The van der Waals surface area contributed by atoms with Gasteiger partial charge in [0.25, 0.3) is 5.91 Å². The molecule has 0 aliphatic carbocycles. The molecule has 52 heavy (non-hydrogen) atoms. The fourth-order valence-corrected chi connectivity index (χ4v) is 9.42. The summed E-state index contributed by atoms with van der Waals surface area (Å²) in [5, 5.41) is 21.9. The summed E-state index contributed by atoms with van der Waals surface area (Å²) in [6.07, 6.45) is 7.42. The van der Waals surface area contributed by atoms with Crippen molar-refractivity contribution >= 4 is 50.8 Å². The number of carboxylic acids is 1. The molecule has 1 aliphatic heterocycles. The number of sulfone groups is 1. The Morgan fingerprint density at radius 2 is 1.62 bits per heavy atom. The van der Waals surface area contributed by atoms with E-state index in [2.05, 4.69) is 29.5 Å². The Labute approximate surface area is 311 Å². The molecule has 282 valence electrons. The molecule has 0 radical (unpaired) electrons. The van der Waals surface area contributed by atoms with E-state index in [4.69, 9.17) is 4.84 Å². The van der Waals surface area contributed by atoms with Gasteiger partial charge in [0.1, 0.15) is 11.8 Å². The average molecular weight is 754 g/mol. The van der Waals surface area contributed by atoms with Crippen molar-refractivity contribution in [1.82, 2.24) is 10.8 Å². The van der Waals surface area contributed by atoms with Gasteiger partial charge in [0.05, 0.1) is 27.1 Å². The first-order valence-electron chi connectivity index (χ1n) is 17.9. The number of unbranched alkanes of at least 4 members (excludes halogenated alkanes) is 2. The van der Waals surface area contributed by atoms with Crippen molar-refractivity contribution in [3.05, 3.63) is 72.3 Å². The number of thioether (sulfide) groups is 1. The Morgan fingerprint density at radius 3 is 2.19 bits per heavy atom. The lowest BCUT2D eigenvalue weighted by Gasteiger charge is -2.37. The summed E-state index contributed by atoms with van der Waals surface area (Å²) < 4.78 is 28.8. The highest BCUT2D eigenvalue weighted by Crippen LogP contribution is 2.47. The number of anilines is 2. The number of phenolic OH excluding ortho intramolecular Hbond substituents is 1. The van der Waals surface area contributed by atoms with Crippen LogP contribution in [0.4, 0.5) is 11.4 Å². The van der Waals surface area contributed by atoms with Gasteiger partial charge in [-0.15, -0.1) is 11.8 Å². The molecule has 4 rings (SSSR count). The molecule has 11 nitrogen and oxygen atoms in total. The maximum atomic E-state index is 14.4. The number of hydrogen-bond acceptors (Lipinski definition) is 9. The van der Waals surface area contributed by atoms with E-state index in [1.54, 1.807) is 13.0 Å². The second-order valence-electron chi connectivity index (χ2n) is 13.5. The van der Waals surface area contributed by atoms with Crippen LogP contribution in [0.1, 0.15) is 90.0 Å². The fourth-order valence-electron chi connectivity index (χ4n) is 6.77. The molecule has 0 aromatic heterocycles. The molecule has 0 saturated heterocycles. The molecule has 3 aromatic rings. The lowest BCUT2D eigenvalue weighted by atomic mass is 9.79. The van der Waals surface area contributed by atoms with Gasteiger partial charge in [-0.05, 0) is 61.4 Å². The first-order chi connectivity index (χ1) is 24.9. The fraction of sp³-hybridized carbons (Fsp3) is 0.462. The van der Waals surface area contributed by atoms with Crippen LogP contribution in [-0.4, -0.2) is 61.0 Å². The predicted molar refractivity (Wildman–Crippen MR) is 204 cm³/mol. The number of hydrogen-bond donors (Lipinski definition) is 4. The summed E-state index contributed by atoms with van der Waals surface area (Å²) in [6, 6.07) is 17.7. The van der Waals surface area contributed by atoms with Crippen LogP contribution in [0.3, 0.4) is 0 Å². The molecule has 2 unspecified atom stereocenters. The average Bonchev–Trinajstić information content (AvgIpc) is 3.22. The van der Waals surface area contributed by atoms with Gasteiger partial charge in [-0.2, -0.15) is 5.48 Å². The first kappa shape index (κ1) is 40.5. The third kappa shape index (κ3) is 10.2. The van der Waals surface area contributed by atoms with E-state index < -0.39 is 51.4 Å². The highest BCUT2D eigenvalue weighted by molar-refractivity contribution is 7.98. The number of hydroxylamine groups is 1. The number of carboxylic acid groups (broad SMARTS) is 1. The minimum Gasteiger partial charge on any atom is -0.508 e. The van der Waals surface area contributed by atoms with Gasteiger partial charge < -0.3 is 25.3 Å². The zero-order valence-corrected chi connectivity index (χ0v) is 32.0. The summed E-state index contributed by atoms with van der Waals surface area (Å²) in [5.41, 5.74) is 3.75. The largest absolute Gasteiger partial charge is 0.508 e. The number of aromatic hydroxyl groups is 1. The Hall–Kier alpha value is -4.23. The van der Waals surface area contributed by atoms with Gasteiger partial charge in [0.2, 0.25) is 5.91 Å². The monoisotopic (exact) mass is 753 g/mol. The Balaban J connectivity index is 1.68. The summed E-state index contributed by atoms with van der Waals surface area (Å²) in [7, 11) is -3.83. The molecular weight excluding hydrogens is 703 g/mol. The number of para-hydroxylation sites is 1. The molecule has 3 aromatic carbocycles. The van der Waals surface area contributed by atoms with Gasteiger partial charge in [-0.3, -0.25) is 9.59 Å². The molecule has 0 spiro atoms. The minimum absolute atomic E-state index is 0.0143. The van der Waals surface area contributed by atoms with Crippen molar-refractivity contribution in [3.63, 3.8) is 0 Å². The second-order valence-corrected chi connectivity index (χ2v) is 16.3. The predicted octanol–water partition coefficient (Wildman–Crippen LogP) is 7.36. The minimum atomic E-state index is -3.83. The SMILES string of the molecule is CCCCC1(CCCC)CN(c2ccccc2)c2cc(SC)c(ONC(=O)CC(C(=O)NC(CCC)C(=O)O)c3ccc(O)cc3)cc2S(=O)(=O)C1. The first-order valence-corrected chi connectivity index (χ1v) is 20.8. The van der Waals surface area contributed by atoms with Crippen LogP contribution in [0.2, 0.25) is 0 Å². The normalized spacial score (nSPS) is 15.8. The van der Waals surface area contributed by atoms with Gasteiger partial charge in [0, 0.05) is 30.1 Å². The highest BCUT2D eigenvalue weighted by Gasteiger charge is 2.42. The van der Waals surface area contributed by atoms with E-state index in [0.29, 0.717) is 29.1 Å². The lowest BCUT2D eigenvalue weighted by Crippen LogP contribution is -2.44. The molecule has 1 heterocycles. The molecule has 13 heteroatoms. The van der Waals surface area contributed by atoms with Crippen LogP contribution < -0.4 is 20.5 Å². The summed E-state index contributed by atoms with van der Waals surface area (Å²) in [6.45, 7) is 6.57. The number of fused-ring (bicyclic) bond motifs is 1. The second kappa shape index (κ2) is 18.5. The van der Waals surface area contributed by atoms with E-state index in [0.717, 1.165) is 44.2 Å². The quantitative estimate of drug-likeness (QED) is 0.0763. The summed E-state index contributed by atoms with van der Waals surface area (Å²) in [4.78, 5) is 47.2. The maximum Gasteiger partial charge on any atom is 0.326 e. The third-order valence-corrected chi connectivity index (χ3v) is 12.3. The summed E-state index contributed by atoms with van der Waals surface area (Å²) >= 11 is 1.34. The van der Waals surface area contributed by atoms with E-state index in [1.165, 1.54) is 42.1 Å². The van der Waals surface area contributed by atoms with E-state index in [-0.39, 0.29) is 28.6 Å². The zero-order chi connectivity index (χ0) is 37.9. The molecular formula is C39H51N3O8S2. The molecule has 0 saturated carbocycles. The van der Waals surface area contributed by atoms with E-state index >= 15 is 0 Å². The maximum absolute atomic E-state index is 14.4. The smallest absolute Gasteiger partial charge is 0.326 e. The van der Waals surface area contributed by atoms with Crippen LogP contribution in [0.15, 0.2) is 76.5 Å². The molecule has 4 N–H and O–H groups in total. The number of carbonyl (C=O) groups is 3. The van der Waals surface area contributed by atoms with Crippen LogP contribution >= 0.6 is 11.8 Å². The van der Waals surface area contributed by atoms with Crippen LogP contribution in [0.25, 0.3) is 0 Å². The number of aliphatic carboxylic acids is 1. The Kier molecular flexibility index (Phi) is 14.4.